The largest absolute Gasteiger partial charge is 0.478 e. The van der Waals surface area contributed by atoms with Crippen LogP contribution in [-0.2, 0) is 19.4 Å². The topological polar surface area (TPSA) is 183 Å². The zero-order valence-electron chi connectivity index (χ0n) is 13.3. The van der Waals surface area contributed by atoms with Crippen molar-refractivity contribution >= 4 is 33.7 Å². The highest BCUT2D eigenvalue weighted by molar-refractivity contribution is 7.92. The highest BCUT2D eigenvalue weighted by Crippen LogP contribution is 2.29. The van der Waals surface area contributed by atoms with Crippen LogP contribution in [-0.4, -0.2) is 58.0 Å². The molecule has 142 valence electrons. The summed E-state index contributed by atoms with van der Waals surface area (Å²) in [5, 5.41) is 34.8. The Balaban J connectivity index is 2.52. The van der Waals surface area contributed by atoms with Crippen LogP contribution in [0, 0.1) is 0 Å². The van der Waals surface area contributed by atoms with E-state index in [0.717, 1.165) is 24.3 Å². The molecular formula is C16H12O10S. The number of aliphatic carboxylic acids is 2. The maximum Gasteiger partial charge on any atom is 0.336 e. The molecule has 0 aromatic heterocycles. The number of carboxylic acids is 4. The molecule has 1 aromatic rings. The van der Waals surface area contributed by atoms with Crippen LogP contribution in [0.5, 0.6) is 0 Å². The number of rotatable bonds is 6. The molecule has 0 radical (unpaired) electrons. The molecule has 0 saturated heterocycles. The van der Waals surface area contributed by atoms with Gasteiger partial charge in [0.05, 0.1) is 32.4 Å². The van der Waals surface area contributed by atoms with Crippen molar-refractivity contribution in [3.63, 3.8) is 0 Å². The van der Waals surface area contributed by atoms with Gasteiger partial charge in [0.25, 0.3) is 0 Å². The smallest absolute Gasteiger partial charge is 0.336 e. The summed E-state index contributed by atoms with van der Waals surface area (Å²) in [5.41, 5.74) is -2.52. The van der Waals surface area contributed by atoms with Gasteiger partial charge in [-0.25, -0.2) is 27.6 Å². The Hall–Kier alpha value is -3.47. The van der Waals surface area contributed by atoms with Crippen molar-refractivity contribution in [1.82, 2.24) is 0 Å². The number of aromatic carboxylic acids is 2. The third-order valence-corrected chi connectivity index (χ3v) is 5.91. The molecule has 11 heteroatoms. The van der Waals surface area contributed by atoms with Crippen LogP contribution in [0.15, 0.2) is 46.4 Å². The molecule has 10 nitrogen and oxygen atoms in total. The van der Waals surface area contributed by atoms with E-state index in [-0.39, 0.29) is 0 Å². The van der Waals surface area contributed by atoms with Crippen molar-refractivity contribution < 1.29 is 48.0 Å². The van der Waals surface area contributed by atoms with Crippen LogP contribution in [0.2, 0.25) is 0 Å². The molecule has 27 heavy (non-hydrogen) atoms. The lowest BCUT2D eigenvalue weighted by molar-refractivity contribution is -0.135. The molecule has 1 aromatic carbocycles. The van der Waals surface area contributed by atoms with E-state index in [0.29, 0.717) is 6.07 Å². The number of hydrogen-bond donors (Lipinski definition) is 4. The lowest BCUT2D eigenvalue weighted by Gasteiger charge is -2.19. The van der Waals surface area contributed by atoms with Crippen LogP contribution in [0.3, 0.4) is 0 Å². The fourth-order valence-electron chi connectivity index (χ4n) is 2.54. The minimum atomic E-state index is -4.31. The van der Waals surface area contributed by atoms with Crippen LogP contribution < -0.4 is 0 Å². The quantitative estimate of drug-likeness (QED) is 0.532. The first-order chi connectivity index (χ1) is 12.5. The summed E-state index contributed by atoms with van der Waals surface area (Å²) in [6, 6.07) is 2.39. The van der Waals surface area contributed by atoms with E-state index < -0.39 is 72.6 Å². The first kappa shape index (κ1) is 19.8. The van der Waals surface area contributed by atoms with E-state index in [1.54, 1.807) is 0 Å². The van der Waals surface area contributed by atoms with Crippen LogP contribution in [0.25, 0.3) is 0 Å². The minimum Gasteiger partial charge on any atom is -0.478 e. The average molecular weight is 396 g/mol. The monoisotopic (exact) mass is 396 g/mol. The second-order valence-electron chi connectivity index (χ2n) is 5.47. The van der Waals surface area contributed by atoms with Gasteiger partial charge in [-0.2, -0.15) is 0 Å². The van der Waals surface area contributed by atoms with Gasteiger partial charge in [-0.3, -0.25) is 0 Å². The fraction of sp³-hybridized carbons (Fsp3) is 0.125. The summed E-state index contributed by atoms with van der Waals surface area (Å²) >= 11 is 0. The Morgan fingerprint density at radius 3 is 1.93 bits per heavy atom. The molecule has 0 spiro atoms. The van der Waals surface area contributed by atoms with Crippen molar-refractivity contribution in [2.24, 2.45) is 0 Å². The number of carbonyl (C=O) groups is 4. The Morgan fingerprint density at radius 2 is 1.44 bits per heavy atom. The van der Waals surface area contributed by atoms with Gasteiger partial charge in [0, 0.05) is 6.42 Å². The van der Waals surface area contributed by atoms with Gasteiger partial charge in [-0.15, -0.1) is 0 Å². The fourth-order valence-corrected chi connectivity index (χ4v) is 4.10. The van der Waals surface area contributed by atoms with Crippen LogP contribution in [0.4, 0.5) is 0 Å². The van der Waals surface area contributed by atoms with Gasteiger partial charge in [-0.05, 0) is 24.3 Å². The molecule has 0 saturated carbocycles. The summed E-state index contributed by atoms with van der Waals surface area (Å²) < 4.78 is 25.5. The molecule has 1 unspecified atom stereocenters. The SMILES string of the molecule is O=C(O)C1=C(C(=O)O)CC(S(=O)(=O)c2ccc(C(=O)O)c(C(=O)O)c2)C=C1. The van der Waals surface area contributed by atoms with Gasteiger partial charge < -0.3 is 20.4 Å². The highest BCUT2D eigenvalue weighted by atomic mass is 32.2. The lowest BCUT2D eigenvalue weighted by Crippen LogP contribution is -2.26. The first-order valence-corrected chi connectivity index (χ1v) is 8.74. The average Bonchev–Trinajstić information content (AvgIpc) is 2.60. The molecule has 2 rings (SSSR count). The van der Waals surface area contributed by atoms with Gasteiger partial charge >= 0.3 is 23.9 Å². The molecule has 4 N–H and O–H groups in total. The molecule has 0 amide bonds. The molecule has 1 aliphatic carbocycles. The molecule has 1 atom stereocenters. The standard InChI is InChI=1S/C16H12O10S/c17-13(18)9-3-1-7(5-11(9)15(21)22)27(25,26)8-2-4-10(14(19)20)12(6-8)16(23)24/h1-5,8H,6H2,(H,17,18)(H,19,20)(H,21,22)(H,23,24). The van der Waals surface area contributed by atoms with E-state index in [1.807, 2.05) is 0 Å². The second kappa shape index (κ2) is 7.03. The van der Waals surface area contributed by atoms with Crippen molar-refractivity contribution in [3.8, 4) is 0 Å². The summed E-state index contributed by atoms with van der Waals surface area (Å²) in [7, 11) is -4.31. The summed E-state index contributed by atoms with van der Waals surface area (Å²) in [5.74, 6) is -6.33. The Kier molecular flexibility index (Phi) is 5.17. The normalized spacial score (nSPS) is 16.8. The van der Waals surface area contributed by atoms with E-state index in [9.17, 15) is 27.6 Å². The van der Waals surface area contributed by atoms with Crippen molar-refractivity contribution in [3.05, 3.63) is 52.6 Å². The number of carboxylic acid groups (broad SMARTS) is 4. The highest BCUT2D eigenvalue weighted by Gasteiger charge is 2.34. The molecule has 1 aliphatic rings. The maximum atomic E-state index is 12.7. The summed E-state index contributed by atoms with van der Waals surface area (Å²) in [4.78, 5) is 44.1. The van der Waals surface area contributed by atoms with Crippen molar-refractivity contribution in [1.29, 1.82) is 0 Å². The van der Waals surface area contributed by atoms with Gasteiger partial charge in [-0.1, -0.05) is 6.08 Å². The zero-order valence-corrected chi connectivity index (χ0v) is 14.1. The Labute approximate surface area is 151 Å². The number of benzene rings is 1. The first-order valence-electron chi connectivity index (χ1n) is 7.19. The van der Waals surface area contributed by atoms with E-state index in [1.165, 1.54) is 0 Å². The van der Waals surface area contributed by atoms with E-state index in [2.05, 4.69) is 0 Å². The Morgan fingerprint density at radius 1 is 0.852 bits per heavy atom. The maximum absolute atomic E-state index is 12.7. The van der Waals surface area contributed by atoms with E-state index in [4.69, 9.17) is 20.4 Å². The van der Waals surface area contributed by atoms with Gasteiger partial charge in [0.15, 0.2) is 9.84 Å². The van der Waals surface area contributed by atoms with Crippen molar-refractivity contribution in [2.75, 3.05) is 0 Å². The zero-order chi connectivity index (χ0) is 20.5. The minimum absolute atomic E-state index is 0.525. The number of sulfone groups is 1. The number of hydrogen-bond acceptors (Lipinski definition) is 6. The van der Waals surface area contributed by atoms with Gasteiger partial charge in [0.1, 0.15) is 0 Å². The molecule has 0 fully saturated rings. The van der Waals surface area contributed by atoms with Gasteiger partial charge in [0.2, 0.25) is 0 Å². The molecule has 0 aliphatic heterocycles. The molecule has 0 heterocycles. The van der Waals surface area contributed by atoms with E-state index >= 15 is 0 Å². The summed E-state index contributed by atoms with van der Waals surface area (Å²) in [6.07, 6.45) is 1.22. The third-order valence-electron chi connectivity index (χ3n) is 3.88. The Bertz CT molecular complexity index is 1030. The van der Waals surface area contributed by atoms with Crippen LogP contribution in [0.1, 0.15) is 27.1 Å². The second-order valence-corrected chi connectivity index (χ2v) is 7.63. The lowest BCUT2D eigenvalue weighted by atomic mass is 9.97. The molecular weight excluding hydrogens is 384 g/mol. The molecule has 0 bridgehead atoms. The van der Waals surface area contributed by atoms with Crippen molar-refractivity contribution in [2.45, 2.75) is 16.6 Å². The summed E-state index contributed by atoms with van der Waals surface area (Å²) in [6.45, 7) is 0. The predicted molar refractivity (Wildman–Crippen MR) is 87.4 cm³/mol. The predicted octanol–water partition coefficient (Wildman–Crippen LogP) is 0.651. The van der Waals surface area contributed by atoms with Crippen LogP contribution >= 0.6 is 0 Å². The third kappa shape index (κ3) is 3.72.